The Morgan fingerprint density at radius 2 is 1.86 bits per heavy atom. The molecular weight excluding hydrogens is 470 g/mol. The summed E-state index contributed by atoms with van der Waals surface area (Å²) in [6.45, 7) is 14.5. The SMILES string of the molecule is C=C/C(=N\OCCN1CCOCC1)C(=O)NC(C(=O)NCC(=O)NC(CC)C(=O)C1(C)CO1)C(C)C. The van der Waals surface area contributed by atoms with Crippen LogP contribution in [0.4, 0.5) is 0 Å². The van der Waals surface area contributed by atoms with E-state index in [4.69, 9.17) is 14.3 Å². The molecule has 0 saturated carbocycles. The van der Waals surface area contributed by atoms with Crippen molar-refractivity contribution < 1.29 is 33.5 Å². The summed E-state index contributed by atoms with van der Waals surface area (Å²) >= 11 is 0. The number of ether oxygens (including phenoxy) is 2. The zero-order valence-electron chi connectivity index (χ0n) is 21.6. The van der Waals surface area contributed by atoms with Crippen molar-refractivity contribution in [2.24, 2.45) is 11.1 Å². The maximum absolute atomic E-state index is 12.7. The Morgan fingerprint density at radius 3 is 2.42 bits per heavy atom. The Bertz CT molecular complexity index is 835. The third kappa shape index (κ3) is 8.99. The van der Waals surface area contributed by atoms with Crippen LogP contribution in [0.25, 0.3) is 0 Å². The first-order valence-electron chi connectivity index (χ1n) is 12.3. The van der Waals surface area contributed by atoms with Gasteiger partial charge in [-0.1, -0.05) is 32.5 Å². The Labute approximate surface area is 212 Å². The number of hydrogen-bond donors (Lipinski definition) is 3. The zero-order valence-corrected chi connectivity index (χ0v) is 21.6. The highest BCUT2D eigenvalue weighted by molar-refractivity contribution is 6.43. The number of Topliss-reactive ketones (excluding diaryl/α,β-unsaturated/α-hetero) is 1. The molecule has 2 aliphatic heterocycles. The van der Waals surface area contributed by atoms with Gasteiger partial charge in [-0.25, -0.2) is 0 Å². The molecule has 0 aromatic heterocycles. The highest BCUT2D eigenvalue weighted by Gasteiger charge is 2.49. The summed E-state index contributed by atoms with van der Waals surface area (Å²) in [4.78, 5) is 57.6. The van der Waals surface area contributed by atoms with Crippen LogP contribution < -0.4 is 16.0 Å². The minimum atomic E-state index is -0.925. The van der Waals surface area contributed by atoms with Crippen LogP contribution in [0.15, 0.2) is 17.8 Å². The van der Waals surface area contributed by atoms with Crippen molar-refractivity contribution in [3.63, 3.8) is 0 Å². The minimum absolute atomic E-state index is 0.0618. The molecule has 2 fully saturated rings. The Balaban J connectivity index is 1.82. The summed E-state index contributed by atoms with van der Waals surface area (Å²) in [6, 6.07) is -1.62. The molecule has 0 spiro atoms. The molecule has 3 atom stereocenters. The molecule has 0 aliphatic carbocycles. The molecule has 0 radical (unpaired) electrons. The summed E-state index contributed by atoms with van der Waals surface area (Å²) in [5.74, 6) is -2.14. The molecule has 2 saturated heterocycles. The number of amides is 3. The molecule has 2 rings (SSSR count). The van der Waals surface area contributed by atoms with Crippen molar-refractivity contribution in [1.29, 1.82) is 0 Å². The van der Waals surface area contributed by atoms with Crippen molar-refractivity contribution >= 4 is 29.2 Å². The van der Waals surface area contributed by atoms with E-state index in [1.54, 1.807) is 27.7 Å². The van der Waals surface area contributed by atoms with Gasteiger partial charge in [-0.05, 0) is 25.3 Å². The Hall–Kier alpha value is -2.83. The molecule has 3 amide bonds. The number of nitrogens with one attached hydrogen (secondary N) is 3. The van der Waals surface area contributed by atoms with Crippen molar-refractivity contribution in [1.82, 2.24) is 20.9 Å². The van der Waals surface area contributed by atoms with Crippen LogP contribution in [0.1, 0.15) is 34.1 Å². The average Bonchev–Trinajstić information content (AvgIpc) is 3.62. The molecule has 0 aromatic carbocycles. The molecule has 0 aromatic rings. The molecule has 202 valence electrons. The number of carbonyl (C=O) groups is 4. The molecule has 3 unspecified atom stereocenters. The quantitative estimate of drug-likeness (QED) is 0.114. The van der Waals surface area contributed by atoms with Gasteiger partial charge in [-0.2, -0.15) is 0 Å². The highest BCUT2D eigenvalue weighted by atomic mass is 16.6. The van der Waals surface area contributed by atoms with Gasteiger partial charge in [-0.15, -0.1) is 0 Å². The number of carbonyl (C=O) groups excluding carboxylic acids is 4. The summed E-state index contributed by atoms with van der Waals surface area (Å²) < 4.78 is 10.5. The van der Waals surface area contributed by atoms with Gasteiger partial charge in [0.25, 0.3) is 5.91 Å². The van der Waals surface area contributed by atoms with Gasteiger partial charge in [0.1, 0.15) is 18.2 Å². The summed E-state index contributed by atoms with van der Waals surface area (Å²) in [5.41, 5.74) is -0.908. The van der Waals surface area contributed by atoms with Crippen LogP contribution in [-0.4, -0.2) is 104 Å². The number of ketones is 1. The lowest BCUT2D eigenvalue weighted by Crippen LogP contribution is -2.54. The van der Waals surface area contributed by atoms with Crippen LogP contribution in [-0.2, 0) is 33.5 Å². The lowest BCUT2D eigenvalue weighted by Gasteiger charge is -2.25. The van der Waals surface area contributed by atoms with E-state index in [1.807, 2.05) is 0 Å². The van der Waals surface area contributed by atoms with E-state index in [0.29, 0.717) is 39.4 Å². The van der Waals surface area contributed by atoms with E-state index in [0.717, 1.165) is 13.1 Å². The molecule has 2 aliphatic rings. The second-order valence-electron chi connectivity index (χ2n) is 9.29. The summed E-state index contributed by atoms with van der Waals surface area (Å²) in [6.07, 6.45) is 1.65. The highest BCUT2D eigenvalue weighted by Crippen LogP contribution is 2.28. The fourth-order valence-corrected chi connectivity index (χ4v) is 3.53. The number of oxime groups is 1. The van der Waals surface area contributed by atoms with Crippen LogP contribution in [0.2, 0.25) is 0 Å². The molecule has 12 heteroatoms. The first-order valence-corrected chi connectivity index (χ1v) is 12.3. The maximum Gasteiger partial charge on any atom is 0.273 e. The second-order valence-corrected chi connectivity index (χ2v) is 9.29. The van der Waals surface area contributed by atoms with Crippen molar-refractivity contribution in [3.05, 3.63) is 12.7 Å². The van der Waals surface area contributed by atoms with Gasteiger partial charge < -0.3 is 30.3 Å². The predicted octanol–water partition coefficient (Wildman–Crippen LogP) is -0.613. The number of epoxide rings is 1. The summed E-state index contributed by atoms with van der Waals surface area (Å²) in [7, 11) is 0. The van der Waals surface area contributed by atoms with Gasteiger partial charge in [0.05, 0.1) is 32.4 Å². The molecule has 2 heterocycles. The third-order valence-electron chi connectivity index (χ3n) is 6.01. The van der Waals surface area contributed by atoms with Gasteiger partial charge in [-0.3, -0.25) is 24.1 Å². The predicted molar refractivity (Wildman–Crippen MR) is 132 cm³/mol. The largest absolute Gasteiger partial charge is 0.394 e. The Morgan fingerprint density at radius 1 is 1.19 bits per heavy atom. The first kappa shape index (κ1) is 29.4. The normalized spacial score (nSPS) is 21.8. The fourth-order valence-electron chi connectivity index (χ4n) is 3.53. The average molecular weight is 510 g/mol. The van der Waals surface area contributed by atoms with Crippen molar-refractivity contribution in [3.8, 4) is 0 Å². The van der Waals surface area contributed by atoms with E-state index >= 15 is 0 Å². The van der Waals surface area contributed by atoms with E-state index < -0.39 is 35.4 Å². The van der Waals surface area contributed by atoms with Gasteiger partial charge in [0, 0.05) is 19.6 Å². The van der Waals surface area contributed by atoms with E-state index in [1.165, 1.54) is 6.08 Å². The van der Waals surface area contributed by atoms with E-state index in [9.17, 15) is 19.2 Å². The number of nitrogens with zero attached hydrogens (tertiary/aromatic N) is 2. The number of hydrogen-bond acceptors (Lipinski definition) is 9. The summed E-state index contributed by atoms with van der Waals surface area (Å²) in [5, 5.41) is 11.6. The lowest BCUT2D eigenvalue weighted by atomic mass is 9.99. The topological polar surface area (TPSA) is 151 Å². The van der Waals surface area contributed by atoms with Gasteiger partial charge in [0.2, 0.25) is 11.8 Å². The zero-order chi connectivity index (χ0) is 26.7. The standard InChI is InChI=1S/C24H39N5O7/c1-6-17(21(31)24(5)15-35-24)26-19(30)14-25-23(33)20(16(3)4)27-22(32)18(7-2)28-36-13-10-29-8-11-34-12-9-29/h7,16-17,20H,2,6,8-15H2,1,3-5H3,(H,25,33)(H,26,30)(H,27,32)/b28-18+. The maximum atomic E-state index is 12.7. The van der Waals surface area contributed by atoms with Crippen molar-refractivity contribution in [2.45, 2.75) is 51.8 Å². The number of rotatable bonds is 15. The van der Waals surface area contributed by atoms with Crippen LogP contribution in [0, 0.1) is 5.92 Å². The smallest absolute Gasteiger partial charge is 0.273 e. The third-order valence-corrected chi connectivity index (χ3v) is 6.01. The van der Waals surface area contributed by atoms with Gasteiger partial charge in [0.15, 0.2) is 11.5 Å². The van der Waals surface area contributed by atoms with Gasteiger partial charge >= 0.3 is 0 Å². The van der Waals surface area contributed by atoms with E-state index in [2.05, 4.69) is 32.6 Å². The van der Waals surface area contributed by atoms with Crippen LogP contribution in [0.5, 0.6) is 0 Å². The monoisotopic (exact) mass is 509 g/mol. The number of morpholine rings is 1. The molecule has 3 N–H and O–H groups in total. The molecular formula is C24H39N5O7. The van der Waals surface area contributed by atoms with Crippen LogP contribution in [0.3, 0.4) is 0 Å². The second kappa shape index (κ2) is 14.0. The lowest BCUT2D eigenvalue weighted by molar-refractivity contribution is -0.132. The van der Waals surface area contributed by atoms with E-state index in [-0.39, 0.29) is 24.0 Å². The van der Waals surface area contributed by atoms with Crippen molar-refractivity contribution in [2.75, 3.05) is 52.6 Å². The molecule has 36 heavy (non-hydrogen) atoms. The van der Waals surface area contributed by atoms with Crippen LogP contribution >= 0.6 is 0 Å². The molecule has 0 bridgehead atoms. The Kier molecular flexibility index (Phi) is 11.5. The molecule has 12 nitrogen and oxygen atoms in total. The minimum Gasteiger partial charge on any atom is -0.394 e. The first-order chi connectivity index (χ1) is 17.1. The fraction of sp³-hybridized carbons (Fsp3) is 0.708.